The highest BCUT2D eigenvalue weighted by atomic mass is 32.2. The first kappa shape index (κ1) is 34.2. The molecule has 44 heavy (non-hydrogen) atoms. The molecule has 14 nitrogen and oxygen atoms in total. The van der Waals surface area contributed by atoms with Gasteiger partial charge in [0, 0.05) is 39.9 Å². The van der Waals surface area contributed by atoms with Gasteiger partial charge >= 0.3 is 10.1 Å². The average Bonchev–Trinajstić information content (AvgIpc) is 3.16. The number of allylic oxidation sites excluding steroid dienone is 4. The molecule has 0 amide bonds. The van der Waals surface area contributed by atoms with E-state index >= 15 is 0 Å². The first-order chi connectivity index (χ1) is 20.5. The molecular weight excluding hydrogens is 661 g/mol. The highest BCUT2D eigenvalue weighted by molar-refractivity contribution is 7.94. The molecule has 0 atom stereocenters. The average molecular weight is 692 g/mol. The van der Waals surface area contributed by atoms with Crippen molar-refractivity contribution in [2.75, 3.05) is 16.7 Å². The summed E-state index contributed by atoms with van der Waals surface area (Å²) in [5.41, 5.74) is 1.48. The van der Waals surface area contributed by atoms with Crippen molar-refractivity contribution in [3.8, 4) is 0 Å². The number of hydrogen-bond donors (Lipinski definition) is 4. The van der Waals surface area contributed by atoms with Gasteiger partial charge in [-0.1, -0.05) is 18.0 Å². The minimum atomic E-state index is -4.53. The zero-order chi connectivity index (χ0) is 32.3. The van der Waals surface area contributed by atoms with Crippen LogP contribution in [0.4, 0.5) is 11.4 Å². The third-order valence-electron chi connectivity index (χ3n) is 7.54. The molecule has 4 rings (SSSR count). The summed E-state index contributed by atoms with van der Waals surface area (Å²) in [5.74, 6) is -1.17. The Morgan fingerprint density at radius 2 is 1.64 bits per heavy atom. The largest absolute Gasteiger partial charge is 0.327 e. The second-order valence-corrected chi connectivity index (χ2v) is 15.6. The quantitative estimate of drug-likeness (QED) is 0.0651. The lowest BCUT2D eigenvalue weighted by molar-refractivity contribution is -0.432. The van der Waals surface area contributed by atoms with E-state index in [0.717, 1.165) is 47.2 Å². The first-order valence-corrected chi connectivity index (χ1v) is 18.5. The van der Waals surface area contributed by atoms with Crippen LogP contribution in [0.5, 0.6) is 0 Å². The van der Waals surface area contributed by atoms with E-state index in [1.165, 1.54) is 29.3 Å². The predicted octanol–water partition coefficient (Wildman–Crippen LogP) is 4.18. The van der Waals surface area contributed by atoms with Crippen LogP contribution in [0.2, 0.25) is 0 Å². The molecule has 0 radical (unpaired) electrons. The topological polar surface area (TPSA) is 208 Å². The molecule has 1 fully saturated rings. The van der Waals surface area contributed by atoms with Gasteiger partial charge in [-0.3, -0.25) is 13.7 Å². The smallest absolute Gasteiger partial charge is 0.326 e. The molecule has 2 aromatic rings. The fourth-order valence-corrected chi connectivity index (χ4v) is 7.66. The van der Waals surface area contributed by atoms with Gasteiger partial charge in [0.15, 0.2) is 12.1 Å². The van der Waals surface area contributed by atoms with E-state index in [-0.39, 0.29) is 5.69 Å². The van der Waals surface area contributed by atoms with Crippen molar-refractivity contribution in [1.29, 1.82) is 0 Å². The summed E-state index contributed by atoms with van der Waals surface area (Å²) in [5, 5.41) is 12.3. The van der Waals surface area contributed by atoms with Crippen molar-refractivity contribution in [2.24, 2.45) is 5.92 Å². The molecule has 18 heteroatoms. The van der Waals surface area contributed by atoms with Crippen LogP contribution in [0.25, 0.3) is 0 Å². The minimum Gasteiger partial charge on any atom is -0.327 e. The molecule has 2 aliphatic rings. The molecule has 1 aliphatic carbocycles. The van der Waals surface area contributed by atoms with Crippen LogP contribution in [0.15, 0.2) is 76.2 Å². The van der Waals surface area contributed by atoms with E-state index < -0.39 is 52.4 Å². The van der Waals surface area contributed by atoms with Crippen LogP contribution in [0.3, 0.4) is 0 Å². The van der Waals surface area contributed by atoms with E-state index in [2.05, 4.69) is 16.3 Å². The van der Waals surface area contributed by atoms with Gasteiger partial charge in [0.05, 0.1) is 16.9 Å². The number of anilines is 1. The summed E-state index contributed by atoms with van der Waals surface area (Å²) in [6, 6.07) is 9.78. The van der Waals surface area contributed by atoms with E-state index in [1.54, 1.807) is 24.3 Å². The van der Waals surface area contributed by atoms with Crippen LogP contribution in [0, 0.1) is 5.92 Å². The SMILES string of the molecule is CC1CCC2(CC1)C(=CC=CC=[N+](CS(=O)(=O)O)c1ccc(S(=O)(=O)O)cc1)N(CS(=O)(=O)O)c1ccc(SOOO)cc12. The standard InChI is InChI=1S/C26H30N2O12S4/c1-19-11-13-26(14-12-19)23-16-21(41-40-39-29)7-10-24(23)28(18-43(33,34)35)25(26)4-2-3-15-27(17-42(30,31)32)20-5-8-22(9-6-20)44(36,37)38/h2-10,15-16,19H,11-14,17-18H2,1H3,(H3-,29,30,31,32,33,34,35,36,37,38)/p+1. The van der Waals surface area contributed by atoms with Gasteiger partial charge in [-0.05, 0) is 73.6 Å². The number of fused-ring (bicyclic) bond motifs is 2. The molecule has 1 spiro atoms. The fourth-order valence-electron chi connectivity index (χ4n) is 5.59. The van der Waals surface area contributed by atoms with Crippen molar-refractivity contribution < 1.29 is 58.1 Å². The molecule has 240 valence electrons. The van der Waals surface area contributed by atoms with Gasteiger partial charge in [0.1, 0.15) is 0 Å². The highest BCUT2D eigenvalue weighted by Crippen LogP contribution is 2.56. The molecule has 0 aromatic heterocycles. The number of hydrogen-bond acceptors (Lipinski definition) is 11. The summed E-state index contributed by atoms with van der Waals surface area (Å²) in [7, 11) is -13.5. The van der Waals surface area contributed by atoms with Gasteiger partial charge in [-0.25, -0.2) is 5.26 Å². The molecule has 0 saturated heterocycles. The Morgan fingerprint density at radius 3 is 2.20 bits per heavy atom. The van der Waals surface area contributed by atoms with Crippen molar-refractivity contribution >= 4 is 60.0 Å². The van der Waals surface area contributed by atoms with E-state index in [9.17, 15) is 38.9 Å². The molecular formula is C26H31N2O12S4+. The minimum absolute atomic E-state index is 0.186. The normalized spacial score (nSPS) is 22.3. The van der Waals surface area contributed by atoms with Gasteiger partial charge in [0.2, 0.25) is 5.69 Å². The maximum Gasteiger partial charge on any atom is 0.326 e. The first-order valence-electron chi connectivity index (χ1n) is 13.1. The summed E-state index contributed by atoms with van der Waals surface area (Å²) in [6.07, 6.45) is 8.99. The molecule has 1 saturated carbocycles. The number of rotatable bonds is 11. The zero-order valence-electron chi connectivity index (χ0n) is 23.3. The Hall–Kier alpha value is -2.65. The van der Waals surface area contributed by atoms with E-state index in [0.29, 0.717) is 35.0 Å². The molecule has 2 aromatic carbocycles. The maximum atomic E-state index is 12.1. The summed E-state index contributed by atoms with van der Waals surface area (Å²) in [4.78, 5) is 1.68. The van der Waals surface area contributed by atoms with Crippen molar-refractivity contribution in [3.63, 3.8) is 0 Å². The lowest BCUT2D eigenvalue weighted by atomic mass is 9.66. The van der Waals surface area contributed by atoms with E-state index in [4.69, 9.17) is 5.26 Å². The lowest BCUT2D eigenvalue weighted by Crippen LogP contribution is -2.36. The van der Waals surface area contributed by atoms with Crippen LogP contribution in [0.1, 0.15) is 38.2 Å². The Morgan fingerprint density at radius 1 is 0.977 bits per heavy atom. The third-order valence-corrected chi connectivity index (χ3v) is 10.2. The number of benzene rings is 2. The van der Waals surface area contributed by atoms with Crippen LogP contribution < -0.4 is 4.90 Å². The maximum absolute atomic E-state index is 12.1. The van der Waals surface area contributed by atoms with Crippen LogP contribution in [-0.4, -0.2) is 66.7 Å². The lowest BCUT2D eigenvalue weighted by Gasteiger charge is -2.39. The summed E-state index contributed by atoms with van der Waals surface area (Å²) >= 11 is 0.760. The zero-order valence-corrected chi connectivity index (χ0v) is 26.5. The second kappa shape index (κ2) is 13.4. The molecule has 4 N–H and O–H groups in total. The Bertz CT molecular complexity index is 1790. The Balaban J connectivity index is 1.79. The Labute approximate surface area is 259 Å². The fraction of sp³-hybridized carbons (Fsp3) is 0.346. The number of nitrogens with zero attached hydrogens (tertiary/aromatic N) is 2. The van der Waals surface area contributed by atoms with Gasteiger partial charge in [-0.15, -0.1) is 4.33 Å². The third kappa shape index (κ3) is 8.33. The van der Waals surface area contributed by atoms with E-state index in [1.807, 2.05) is 6.07 Å². The second-order valence-electron chi connectivity index (χ2n) is 10.5. The molecule has 0 bridgehead atoms. The van der Waals surface area contributed by atoms with Crippen molar-refractivity contribution in [2.45, 2.75) is 47.8 Å². The van der Waals surface area contributed by atoms with Gasteiger partial charge in [0.25, 0.3) is 26.1 Å². The van der Waals surface area contributed by atoms with Gasteiger partial charge in [-0.2, -0.15) is 29.8 Å². The molecule has 0 unspecified atom stereocenters. The summed E-state index contributed by atoms with van der Waals surface area (Å²) in [6.45, 7) is 2.13. The highest BCUT2D eigenvalue weighted by Gasteiger charge is 2.49. The molecule has 1 heterocycles. The van der Waals surface area contributed by atoms with Gasteiger partial charge < -0.3 is 4.90 Å². The molecule has 1 aliphatic heterocycles. The van der Waals surface area contributed by atoms with Crippen LogP contribution in [-0.2, 0) is 45.1 Å². The van der Waals surface area contributed by atoms with Crippen molar-refractivity contribution in [3.05, 3.63) is 72.0 Å². The monoisotopic (exact) mass is 691 g/mol. The van der Waals surface area contributed by atoms with Crippen LogP contribution >= 0.6 is 12.0 Å². The predicted molar refractivity (Wildman–Crippen MR) is 161 cm³/mol. The Kier molecular flexibility index (Phi) is 10.4. The van der Waals surface area contributed by atoms with Crippen molar-refractivity contribution in [1.82, 2.24) is 0 Å². The summed E-state index contributed by atoms with van der Waals surface area (Å²) < 4.78 is 105.